The number of carbonyl (C=O) groups excluding carboxylic acids is 6. The van der Waals surface area contributed by atoms with Gasteiger partial charge in [0.2, 0.25) is 11.8 Å². The van der Waals surface area contributed by atoms with Crippen LogP contribution in [0, 0.1) is 13.8 Å². The first kappa shape index (κ1) is 59.6. The van der Waals surface area contributed by atoms with E-state index in [1.54, 1.807) is 110 Å². The second-order valence-electron chi connectivity index (χ2n) is 21.5. The van der Waals surface area contributed by atoms with Crippen molar-refractivity contribution >= 4 is 79.7 Å². The van der Waals surface area contributed by atoms with E-state index in [-0.39, 0.29) is 61.6 Å². The van der Waals surface area contributed by atoms with Crippen LogP contribution < -0.4 is 40.9 Å². The Morgan fingerprint density at radius 2 is 0.798 bits per heavy atom. The van der Waals surface area contributed by atoms with Crippen molar-refractivity contribution in [3.63, 3.8) is 0 Å². The quantitative estimate of drug-likeness (QED) is 0.0610. The molecule has 0 spiro atoms. The van der Waals surface area contributed by atoms with Crippen LogP contribution in [0.1, 0.15) is 94.0 Å². The number of likely N-dealkylation sites (N-methyl/N-ethyl adjacent to an activating group) is 2. The van der Waals surface area contributed by atoms with Gasteiger partial charge >= 0.3 is 0 Å². The van der Waals surface area contributed by atoms with E-state index in [0.29, 0.717) is 45.0 Å². The maximum absolute atomic E-state index is 14.4. The Bertz CT molecular complexity index is 3540. The standard InChI is InChI=1S/2C34H36N4O4/c2*1-21-17-18-24-11-5-6-13-26(24)28(21)19-37-30-15-9-10-16-31(30)38(20-29(34(37)42)36-32(40)22(2)35-4)33(41)27-14-8-7-12-25(27)23(3)39/h2*5-18,22-23,29,35,39H,19-20H2,1-4H3,(H,36,40)/t22-,23+,29-;22-,23-,29-/m00/s1. The van der Waals surface area contributed by atoms with Crippen molar-refractivity contribution in [3.8, 4) is 0 Å². The second-order valence-corrected chi connectivity index (χ2v) is 21.5. The first-order chi connectivity index (χ1) is 40.4. The summed E-state index contributed by atoms with van der Waals surface area (Å²) in [6.07, 6.45) is -1.74. The van der Waals surface area contributed by atoms with Crippen molar-refractivity contribution in [1.82, 2.24) is 21.3 Å². The minimum Gasteiger partial charge on any atom is -0.389 e. The van der Waals surface area contributed by atoms with Gasteiger partial charge in [-0.25, -0.2) is 0 Å². The lowest BCUT2D eigenvalue weighted by molar-refractivity contribution is -0.128. The monoisotopic (exact) mass is 1130 g/mol. The van der Waals surface area contributed by atoms with E-state index < -0.39 is 36.4 Å². The van der Waals surface area contributed by atoms with E-state index in [2.05, 4.69) is 33.4 Å². The number of aliphatic hydroxyl groups is 2. The molecule has 10 rings (SSSR count). The van der Waals surface area contributed by atoms with E-state index >= 15 is 0 Å². The third kappa shape index (κ3) is 12.3. The van der Waals surface area contributed by atoms with Crippen LogP contribution in [0.4, 0.5) is 22.7 Å². The van der Waals surface area contributed by atoms with Crippen LogP contribution in [0.25, 0.3) is 21.5 Å². The number of nitrogens with zero attached hydrogens (tertiary/aromatic N) is 4. The topological polar surface area (TPSA) is 204 Å². The summed E-state index contributed by atoms with van der Waals surface area (Å²) in [4.78, 5) is 89.8. The molecule has 16 heteroatoms. The fourth-order valence-electron chi connectivity index (χ4n) is 11.0. The normalized spacial score (nSPS) is 16.5. The number of aliphatic hydroxyl groups excluding tert-OH is 2. The molecule has 0 radical (unpaired) electrons. The molecule has 6 atom stereocenters. The third-order valence-corrected chi connectivity index (χ3v) is 16.0. The van der Waals surface area contributed by atoms with Crippen LogP contribution >= 0.6 is 0 Å². The van der Waals surface area contributed by atoms with Gasteiger partial charge in [-0.2, -0.15) is 0 Å². The highest BCUT2D eigenvalue weighted by molar-refractivity contribution is 6.15. The van der Waals surface area contributed by atoms with Gasteiger partial charge < -0.3 is 51.1 Å². The Kier molecular flexibility index (Phi) is 18.5. The van der Waals surface area contributed by atoms with E-state index in [1.165, 1.54) is 0 Å². The lowest BCUT2D eigenvalue weighted by Gasteiger charge is -2.27. The molecule has 6 N–H and O–H groups in total. The highest BCUT2D eigenvalue weighted by Crippen LogP contribution is 2.39. The van der Waals surface area contributed by atoms with Gasteiger partial charge in [0, 0.05) is 11.1 Å². The smallest absolute Gasteiger partial charge is 0.258 e. The fourth-order valence-corrected chi connectivity index (χ4v) is 11.0. The summed E-state index contributed by atoms with van der Waals surface area (Å²) in [7, 11) is 3.35. The summed E-state index contributed by atoms with van der Waals surface area (Å²) in [5.41, 5.74) is 7.92. The van der Waals surface area contributed by atoms with Crippen LogP contribution in [0.3, 0.4) is 0 Å². The second kappa shape index (κ2) is 26.0. The van der Waals surface area contributed by atoms with Crippen LogP contribution in [0.5, 0.6) is 0 Å². The lowest BCUT2D eigenvalue weighted by atomic mass is 9.99. The average molecular weight is 1130 g/mol. The predicted octanol–water partition coefficient (Wildman–Crippen LogP) is 8.98. The number of benzene rings is 8. The Hall–Kier alpha value is -9.06. The molecule has 0 saturated heterocycles. The van der Waals surface area contributed by atoms with Crippen molar-refractivity contribution in [1.29, 1.82) is 0 Å². The van der Waals surface area contributed by atoms with Crippen molar-refractivity contribution in [2.45, 2.75) is 91.0 Å². The van der Waals surface area contributed by atoms with Gasteiger partial charge in [0.25, 0.3) is 23.6 Å². The largest absolute Gasteiger partial charge is 0.389 e. The number of carbonyl (C=O) groups is 6. The molecular weight excluding hydrogens is 1060 g/mol. The molecule has 2 aliphatic rings. The Labute approximate surface area is 490 Å². The van der Waals surface area contributed by atoms with E-state index in [0.717, 1.165) is 43.8 Å². The SMILES string of the molecule is CN[C@@H](C)C(=O)N[C@H]1CN(C(=O)c2ccccc2[C@@H](C)O)c2ccccc2N(Cc2c(C)ccc3ccccc23)C1=O.CN[C@@H](C)C(=O)N[C@H]1CN(C(=O)c2ccccc2[C@H](C)O)c2ccccc2N(Cc2c(C)ccc3ccccc23)C1=O. The molecule has 0 aromatic heterocycles. The van der Waals surface area contributed by atoms with Gasteiger partial charge in [-0.3, -0.25) is 28.8 Å². The zero-order chi connectivity index (χ0) is 59.9. The van der Waals surface area contributed by atoms with Gasteiger partial charge in [-0.05, 0) is 147 Å². The zero-order valence-corrected chi connectivity index (χ0v) is 48.6. The number of rotatable bonds is 14. The molecule has 2 heterocycles. The van der Waals surface area contributed by atoms with Crippen molar-refractivity contribution in [2.75, 3.05) is 46.8 Å². The highest BCUT2D eigenvalue weighted by atomic mass is 16.3. The Morgan fingerprint density at radius 1 is 0.464 bits per heavy atom. The van der Waals surface area contributed by atoms with Gasteiger partial charge in [0.05, 0.1) is 73.2 Å². The minimum atomic E-state index is -1.02. The molecule has 432 valence electrons. The first-order valence-electron chi connectivity index (χ1n) is 28.3. The molecule has 6 amide bonds. The summed E-state index contributed by atoms with van der Waals surface area (Å²) in [5.74, 6) is -2.05. The number of para-hydroxylation sites is 4. The number of hydrogen-bond donors (Lipinski definition) is 6. The minimum absolute atomic E-state index is 0.0734. The van der Waals surface area contributed by atoms with Crippen LogP contribution in [0.15, 0.2) is 170 Å². The number of amides is 6. The average Bonchev–Trinajstić information content (AvgIpc) is 2.45. The van der Waals surface area contributed by atoms with Gasteiger partial charge in [-0.15, -0.1) is 0 Å². The third-order valence-electron chi connectivity index (χ3n) is 16.0. The molecule has 0 saturated carbocycles. The van der Waals surface area contributed by atoms with Crippen LogP contribution in [-0.2, 0) is 32.3 Å². The van der Waals surface area contributed by atoms with Gasteiger partial charge in [0.15, 0.2) is 0 Å². The summed E-state index contributed by atoms with van der Waals surface area (Å²) >= 11 is 0. The fraction of sp³-hybridized carbons (Fsp3) is 0.265. The summed E-state index contributed by atoms with van der Waals surface area (Å²) in [5, 5.41) is 36.7. The lowest BCUT2D eigenvalue weighted by Crippen LogP contribution is -2.55. The van der Waals surface area contributed by atoms with Crippen LogP contribution in [-0.4, -0.2) is 97.0 Å². The summed E-state index contributed by atoms with van der Waals surface area (Å²) in [6.45, 7) is 11.1. The van der Waals surface area contributed by atoms with Crippen molar-refractivity contribution in [3.05, 3.63) is 214 Å². The summed E-state index contributed by atoms with van der Waals surface area (Å²) < 4.78 is 0. The van der Waals surface area contributed by atoms with Gasteiger partial charge in [-0.1, -0.05) is 133 Å². The van der Waals surface area contributed by atoms with Crippen molar-refractivity contribution in [2.24, 2.45) is 0 Å². The van der Waals surface area contributed by atoms with E-state index in [1.807, 2.05) is 123 Å². The Balaban J connectivity index is 0.000000202. The summed E-state index contributed by atoms with van der Waals surface area (Å²) in [6, 6.07) is 49.6. The number of nitrogens with one attached hydrogen (secondary N) is 4. The molecule has 8 aromatic carbocycles. The molecule has 0 aliphatic carbocycles. The molecule has 2 aliphatic heterocycles. The van der Waals surface area contributed by atoms with Gasteiger partial charge in [0.1, 0.15) is 12.1 Å². The first-order valence-corrected chi connectivity index (χ1v) is 28.3. The van der Waals surface area contributed by atoms with Crippen molar-refractivity contribution < 1.29 is 39.0 Å². The predicted molar refractivity (Wildman–Crippen MR) is 331 cm³/mol. The molecule has 84 heavy (non-hydrogen) atoms. The number of anilines is 4. The molecular formula is C68H72N8O8. The molecule has 0 fully saturated rings. The zero-order valence-electron chi connectivity index (χ0n) is 48.6. The highest BCUT2D eigenvalue weighted by Gasteiger charge is 2.40. The number of hydrogen-bond acceptors (Lipinski definition) is 10. The Morgan fingerprint density at radius 3 is 1.17 bits per heavy atom. The van der Waals surface area contributed by atoms with E-state index in [4.69, 9.17) is 0 Å². The molecule has 8 aromatic rings. The van der Waals surface area contributed by atoms with E-state index in [9.17, 15) is 39.0 Å². The molecule has 16 nitrogen and oxygen atoms in total. The number of fused-ring (bicyclic) bond motifs is 4. The number of aryl methyl sites for hydroxylation is 2. The maximum atomic E-state index is 14.4. The maximum Gasteiger partial charge on any atom is 0.258 e. The van der Waals surface area contributed by atoms with Crippen LogP contribution in [0.2, 0.25) is 0 Å². The molecule has 0 bridgehead atoms. The molecule has 0 unspecified atom stereocenters.